The molecule has 4 aliphatic rings. The second-order valence-electron chi connectivity index (χ2n) is 8.65. The number of ketones is 1. The highest BCUT2D eigenvalue weighted by atomic mass is 16.5. The van der Waals surface area contributed by atoms with Crippen LogP contribution in [0.25, 0.3) is 5.57 Å². The van der Waals surface area contributed by atoms with Gasteiger partial charge in [-0.3, -0.25) is 14.4 Å². The zero-order chi connectivity index (χ0) is 22.1. The first kappa shape index (κ1) is 18.9. The first-order valence-electron chi connectivity index (χ1n) is 10.6. The van der Waals surface area contributed by atoms with Gasteiger partial charge >= 0.3 is 5.97 Å². The quantitative estimate of drug-likeness (QED) is 0.428. The lowest BCUT2D eigenvalue weighted by Crippen LogP contribution is -2.30. The summed E-state index contributed by atoms with van der Waals surface area (Å²) in [6, 6.07) is 13.5. The summed E-state index contributed by atoms with van der Waals surface area (Å²) in [6.07, 6.45) is 5.01. The van der Waals surface area contributed by atoms with Crippen molar-refractivity contribution in [3.63, 3.8) is 0 Å². The fourth-order valence-corrected chi connectivity index (χ4v) is 5.95. The molecule has 3 aliphatic carbocycles. The Morgan fingerprint density at radius 1 is 0.844 bits per heavy atom. The maximum atomic E-state index is 13.7. The van der Waals surface area contributed by atoms with Gasteiger partial charge in [0.25, 0.3) is 11.8 Å². The molecule has 1 heterocycles. The van der Waals surface area contributed by atoms with Crippen LogP contribution in [0.15, 0.2) is 66.3 Å². The number of fused-ring (bicyclic) bond motifs is 6. The Morgan fingerprint density at radius 2 is 1.41 bits per heavy atom. The standard InChI is InChI=1S/C26H19NO5/c1-32-26(31)22-19-13-10-11-14(12-13)20(19)23(28)21(22)17-8-4-5-9-18(17)27-24(29)15-6-2-3-7-16(15)25(27)30/h2-11,13-14,19-20H,12H2,1H3/t13-,14+,19+,20-/m0/s1. The SMILES string of the molecule is COC(=O)C1=C(c2ccccc2N2C(=O)c3ccccc3C2=O)C(=O)[C@@H]2[C@H]1[C@H]1C=C[C@@H]2C1. The Morgan fingerprint density at radius 3 is 2.03 bits per heavy atom. The molecule has 4 atom stereocenters. The number of hydrogen-bond acceptors (Lipinski definition) is 5. The molecule has 0 saturated heterocycles. The number of carbonyl (C=O) groups excluding carboxylic acids is 4. The van der Waals surface area contributed by atoms with E-state index in [1.807, 2.05) is 0 Å². The number of benzene rings is 2. The van der Waals surface area contributed by atoms with E-state index in [0.717, 1.165) is 11.3 Å². The molecular weight excluding hydrogens is 406 g/mol. The van der Waals surface area contributed by atoms with Crippen molar-refractivity contribution in [1.82, 2.24) is 0 Å². The zero-order valence-electron chi connectivity index (χ0n) is 17.3. The van der Waals surface area contributed by atoms with E-state index >= 15 is 0 Å². The van der Waals surface area contributed by atoms with Crippen LogP contribution in [0.1, 0.15) is 32.7 Å². The van der Waals surface area contributed by atoms with Gasteiger partial charge in [-0.15, -0.1) is 0 Å². The van der Waals surface area contributed by atoms with E-state index in [-0.39, 0.29) is 35.0 Å². The van der Waals surface area contributed by atoms with E-state index in [9.17, 15) is 19.2 Å². The molecule has 2 bridgehead atoms. The Labute approximate surface area is 184 Å². The molecular formula is C26H19NO5. The Bertz CT molecular complexity index is 1270. The highest BCUT2D eigenvalue weighted by Crippen LogP contribution is 2.58. The summed E-state index contributed by atoms with van der Waals surface area (Å²) in [4.78, 5) is 54.0. The van der Waals surface area contributed by atoms with Crippen LogP contribution < -0.4 is 4.90 Å². The van der Waals surface area contributed by atoms with Gasteiger partial charge in [-0.2, -0.15) is 0 Å². The van der Waals surface area contributed by atoms with Crippen molar-refractivity contribution in [2.24, 2.45) is 23.7 Å². The number of allylic oxidation sites excluding steroid dienone is 3. The molecule has 32 heavy (non-hydrogen) atoms. The van der Waals surface area contributed by atoms with Gasteiger partial charge in [0.2, 0.25) is 0 Å². The highest BCUT2D eigenvalue weighted by Gasteiger charge is 2.57. The Kier molecular flexibility index (Phi) is 3.90. The van der Waals surface area contributed by atoms with Crippen molar-refractivity contribution in [2.75, 3.05) is 12.0 Å². The van der Waals surface area contributed by atoms with Gasteiger partial charge in [0.05, 0.1) is 29.5 Å². The lowest BCUT2D eigenvalue weighted by molar-refractivity contribution is -0.136. The predicted octanol–water partition coefficient (Wildman–Crippen LogP) is 3.43. The number of hydrogen-bond donors (Lipinski definition) is 0. The molecule has 2 aromatic rings. The number of imide groups is 1. The van der Waals surface area contributed by atoms with E-state index in [0.29, 0.717) is 28.0 Å². The third-order valence-electron chi connectivity index (χ3n) is 7.22. The summed E-state index contributed by atoms with van der Waals surface area (Å²) in [7, 11) is 1.31. The first-order valence-corrected chi connectivity index (χ1v) is 10.6. The molecule has 2 aromatic carbocycles. The van der Waals surface area contributed by atoms with Gasteiger partial charge in [0.15, 0.2) is 5.78 Å². The lowest BCUT2D eigenvalue weighted by atomic mass is 9.82. The molecule has 158 valence electrons. The smallest absolute Gasteiger partial charge is 0.334 e. The fourth-order valence-electron chi connectivity index (χ4n) is 5.95. The van der Waals surface area contributed by atoms with E-state index in [1.165, 1.54) is 7.11 Å². The van der Waals surface area contributed by atoms with Crippen LogP contribution in [0.2, 0.25) is 0 Å². The molecule has 0 N–H and O–H groups in total. The molecule has 0 radical (unpaired) electrons. The molecule has 6 nitrogen and oxygen atoms in total. The summed E-state index contributed by atoms with van der Waals surface area (Å²) < 4.78 is 5.09. The van der Waals surface area contributed by atoms with Gasteiger partial charge in [-0.05, 0) is 36.5 Å². The van der Waals surface area contributed by atoms with Gasteiger partial charge in [-0.25, -0.2) is 9.69 Å². The average molecular weight is 425 g/mol. The number of amides is 2. The first-order chi connectivity index (χ1) is 15.5. The van der Waals surface area contributed by atoms with E-state index in [4.69, 9.17) is 4.74 Å². The number of ether oxygens (including phenoxy) is 1. The average Bonchev–Trinajstić information content (AvgIpc) is 3.56. The molecule has 1 saturated carbocycles. The van der Waals surface area contributed by atoms with Crippen molar-refractivity contribution in [3.05, 3.63) is 82.9 Å². The number of Topliss-reactive ketones (excluding diaryl/α,β-unsaturated/α-hetero) is 1. The number of nitrogens with zero attached hydrogens (tertiary/aromatic N) is 1. The minimum absolute atomic E-state index is 0.0983. The number of carbonyl (C=O) groups is 4. The third kappa shape index (κ3) is 2.29. The van der Waals surface area contributed by atoms with E-state index < -0.39 is 17.8 Å². The van der Waals surface area contributed by atoms with Gasteiger partial charge in [-0.1, -0.05) is 42.5 Å². The van der Waals surface area contributed by atoms with Gasteiger partial charge in [0.1, 0.15) is 0 Å². The maximum absolute atomic E-state index is 13.7. The number of rotatable bonds is 3. The number of methoxy groups -OCH3 is 1. The lowest BCUT2D eigenvalue weighted by Gasteiger charge is -2.21. The fraction of sp³-hybridized carbons (Fsp3) is 0.231. The van der Waals surface area contributed by atoms with Crippen LogP contribution in [-0.4, -0.2) is 30.7 Å². The van der Waals surface area contributed by atoms with Crippen molar-refractivity contribution in [1.29, 1.82) is 0 Å². The van der Waals surface area contributed by atoms with Crippen molar-refractivity contribution >= 4 is 34.8 Å². The molecule has 2 amide bonds. The summed E-state index contributed by atoms with van der Waals surface area (Å²) in [5.41, 5.74) is 2.02. The van der Waals surface area contributed by atoms with Gasteiger partial charge < -0.3 is 4.74 Å². The Balaban J connectivity index is 1.54. The summed E-state index contributed by atoms with van der Waals surface area (Å²) in [5, 5.41) is 0. The monoisotopic (exact) mass is 425 g/mol. The molecule has 0 unspecified atom stereocenters. The molecule has 6 heteroatoms. The minimum Gasteiger partial charge on any atom is -0.466 e. The summed E-state index contributed by atoms with van der Waals surface area (Å²) >= 11 is 0. The number of anilines is 1. The summed E-state index contributed by atoms with van der Waals surface area (Å²) in [6.45, 7) is 0. The van der Waals surface area contributed by atoms with E-state index in [2.05, 4.69) is 12.2 Å². The topological polar surface area (TPSA) is 80.8 Å². The molecule has 6 rings (SSSR count). The van der Waals surface area contributed by atoms with Crippen molar-refractivity contribution in [2.45, 2.75) is 6.42 Å². The molecule has 1 aliphatic heterocycles. The zero-order valence-corrected chi connectivity index (χ0v) is 17.3. The second kappa shape index (κ2) is 6.60. The molecule has 1 fully saturated rings. The van der Waals surface area contributed by atoms with Crippen molar-refractivity contribution < 1.29 is 23.9 Å². The number of para-hydroxylation sites is 1. The largest absolute Gasteiger partial charge is 0.466 e. The molecule has 0 aromatic heterocycles. The summed E-state index contributed by atoms with van der Waals surface area (Å²) in [5.74, 6) is -1.83. The van der Waals surface area contributed by atoms with Crippen molar-refractivity contribution in [3.8, 4) is 0 Å². The van der Waals surface area contributed by atoms with Crippen LogP contribution in [0.5, 0.6) is 0 Å². The normalized spacial score (nSPS) is 27.4. The maximum Gasteiger partial charge on any atom is 0.334 e. The van der Waals surface area contributed by atoms with E-state index in [1.54, 1.807) is 48.5 Å². The van der Waals surface area contributed by atoms with Crippen LogP contribution in [0, 0.1) is 23.7 Å². The minimum atomic E-state index is -0.529. The van der Waals surface area contributed by atoms with Crippen LogP contribution in [0.4, 0.5) is 5.69 Å². The third-order valence-corrected chi connectivity index (χ3v) is 7.22. The number of esters is 1. The Hall–Kier alpha value is -3.80. The predicted molar refractivity (Wildman–Crippen MR) is 116 cm³/mol. The highest BCUT2D eigenvalue weighted by molar-refractivity contribution is 6.37. The van der Waals surface area contributed by atoms with Crippen LogP contribution in [-0.2, 0) is 14.3 Å². The van der Waals surface area contributed by atoms with Gasteiger partial charge in [0, 0.05) is 23.0 Å². The second-order valence-corrected chi connectivity index (χ2v) is 8.65. The van der Waals surface area contributed by atoms with Crippen LogP contribution >= 0.6 is 0 Å². The van der Waals surface area contributed by atoms with Crippen LogP contribution in [0.3, 0.4) is 0 Å². The molecule has 0 spiro atoms.